The van der Waals surface area contributed by atoms with Gasteiger partial charge in [0, 0.05) is 12.2 Å². The molecule has 0 amide bonds. The van der Waals surface area contributed by atoms with E-state index in [9.17, 15) is 9.59 Å². The fourth-order valence-corrected chi connectivity index (χ4v) is 5.79. The first-order valence-corrected chi connectivity index (χ1v) is 9.22. The summed E-state index contributed by atoms with van der Waals surface area (Å²) in [6, 6.07) is 0. The maximum absolute atomic E-state index is 11.2. The quantitative estimate of drug-likeness (QED) is 0.504. The number of carbonyl (C=O) groups is 2. The van der Waals surface area contributed by atoms with Gasteiger partial charge in [0.15, 0.2) is 0 Å². The Morgan fingerprint density at radius 3 is 2.12 bits per heavy atom. The number of hydrogen-bond donors (Lipinski definition) is 0. The first-order chi connectivity index (χ1) is 11.6. The number of ether oxygens (including phenoxy) is 2. The molecule has 3 aliphatic rings. The van der Waals surface area contributed by atoms with Crippen LogP contribution in [0.5, 0.6) is 0 Å². The average molecular weight is 332 g/mol. The van der Waals surface area contributed by atoms with E-state index in [2.05, 4.69) is 13.2 Å². The van der Waals surface area contributed by atoms with E-state index in [0.717, 1.165) is 36.5 Å². The van der Waals surface area contributed by atoms with Gasteiger partial charge < -0.3 is 9.47 Å². The monoisotopic (exact) mass is 332 g/mol. The van der Waals surface area contributed by atoms with Gasteiger partial charge in [0.1, 0.15) is 0 Å². The number of carbonyl (C=O) groups excluding carboxylic acids is 2. The molecule has 5 unspecified atom stereocenters. The Balaban J connectivity index is 1.50. The lowest BCUT2D eigenvalue weighted by molar-refractivity contribution is -0.139. The Bertz CT molecular complexity index is 512. The van der Waals surface area contributed by atoms with Crippen molar-refractivity contribution in [1.82, 2.24) is 0 Å². The summed E-state index contributed by atoms with van der Waals surface area (Å²) in [6.45, 7) is 7.89. The number of rotatable bonds is 8. The highest BCUT2D eigenvalue weighted by Gasteiger charge is 2.56. The van der Waals surface area contributed by atoms with Crippen LogP contribution in [0.4, 0.5) is 0 Å². The molecule has 0 aliphatic heterocycles. The van der Waals surface area contributed by atoms with Crippen molar-refractivity contribution in [3.63, 3.8) is 0 Å². The predicted molar refractivity (Wildman–Crippen MR) is 91.0 cm³/mol. The van der Waals surface area contributed by atoms with Crippen molar-refractivity contribution in [2.45, 2.75) is 38.5 Å². The summed E-state index contributed by atoms with van der Waals surface area (Å²) in [7, 11) is 0. The summed E-state index contributed by atoms with van der Waals surface area (Å²) in [5.74, 6) is 4.02. The van der Waals surface area contributed by atoms with Crippen molar-refractivity contribution in [3.8, 4) is 0 Å². The first kappa shape index (κ1) is 17.2. The molecule has 0 aromatic heterocycles. The van der Waals surface area contributed by atoms with Gasteiger partial charge in [0.2, 0.25) is 0 Å². The van der Waals surface area contributed by atoms with Crippen molar-refractivity contribution in [2.24, 2.45) is 35.5 Å². The summed E-state index contributed by atoms with van der Waals surface area (Å²) in [6.07, 6.45) is 9.67. The highest BCUT2D eigenvalue weighted by molar-refractivity contribution is 5.81. The SMILES string of the molecule is C=CC(=O)OCCC1CCC2C3CC(CCOC(=O)C=C)[C@H](C3)C12. The fraction of sp³-hybridized carbons (Fsp3) is 0.700. The predicted octanol–water partition coefficient (Wildman–Crippen LogP) is 3.52. The van der Waals surface area contributed by atoms with Gasteiger partial charge in [-0.15, -0.1) is 0 Å². The van der Waals surface area contributed by atoms with Gasteiger partial charge in [-0.25, -0.2) is 9.59 Å². The molecule has 2 bridgehead atoms. The molecule has 24 heavy (non-hydrogen) atoms. The molecule has 0 heterocycles. The molecule has 3 fully saturated rings. The van der Waals surface area contributed by atoms with Gasteiger partial charge in [0.25, 0.3) is 0 Å². The number of hydrogen-bond acceptors (Lipinski definition) is 4. The zero-order valence-electron chi connectivity index (χ0n) is 14.3. The van der Waals surface area contributed by atoms with Crippen molar-refractivity contribution in [1.29, 1.82) is 0 Å². The van der Waals surface area contributed by atoms with Gasteiger partial charge in [-0.3, -0.25) is 0 Å². The van der Waals surface area contributed by atoms with Gasteiger partial charge in [-0.2, -0.15) is 0 Å². The third-order valence-electron chi connectivity index (χ3n) is 6.59. The molecule has 4 nitrogen and oxygen atoms in total. The molecule has 0 aromatic rings. The zero-order chi connectivity index (χ0) is 17.1. The fourth-order valence-electron chi connectivity index (χ4n) is 5.79. The Labute approximate surface area is 144 Å². The van der Waals surface area contributed by atoms with Gasteiger partial charge in [-0.05, 0) is 74.0 Å². The van der Waals surface area contributed by atoms with E-state index in [4.69, 9.17) is 9.47 Å². The minimum Gasteiger partial charge on any atom is -0.463 e. The van der Waals surface area contributed by atoms with E-state index < -0.39 is 0 Å². The van der Waals surface area contributed by atoms with Crippen LogP contribution in [-0.2, 0) is 19.1 Å². The van der Waals surface area contributed by atoms with E-state index in [-0.39, 0.29) is 11.9 Å². The summed E-state index contributed by atoms with van der Waals surface area (Å²) >= 11 is 0. The third-order valence-corrected chi connectivity index (χ3v) is 6.59. The summed E-state index contributed by atoms with van der Waals surface area (Å²) in [4.78, 5) is 22.4. The van der Waals surface area contributed by atoms with Crippen LogP contribution in [-0.4, -0.2) is 25.2 Å². The molecule has 6 atom stereocenters. The van der Waals surface area contributed by atoms with E-state index in [1.54, 1.807) is 0 Å². The molecule has 3 rings (SSSR count). The van der Waals surface area contributed by atoms with Crippen molar-refractivity contribution >= 4 is 11.9 Å². The second-order valence-electron chi connectivity index (χ2n) is 7.55. The van der Waals surface area contributed by atoms with Crippen LogP contribution in [0.25, 0.3) is 0 Å². The molecule has 4 heteroatoms. The molecule has 3 saturated carbocycles. The average Bonchev–Trinajstić information content (AvgIpc) is 3.27. The van der Waals surface area contributed by atoms with Crippen molar-refractivity contribution in [3.05, 3.63) is 25.3 Å². The Morgan fingerprint density at radius 1 is 0.875 bits per heavy atom. The Morgan fingerprint density at radius 2 is 1.50 bits per heavy atom. The Hall–Kier alpha value is -1.58. The second-order valence-corrected chi connectivity index (χ2v) is 7.55. The highest BCUT2D eigenvalue weighted by atomic mass is 16.5. The second kappa shape index (κ2) is 7.54. The molecular formula is C20H28O4. The summed E-state index contributed by atoms with van der Waals surface area (Å²) < 4.78 is 10.4. The van der Waals surface area contributed by atoms with Crippen LogP contribution in [0, 0.1) is 35.5 Å². The molecule has 0 N–H and O–H groups in total. The minimum absolute atomic E-state index is 0.320. The number of esters is 2. The van der Waals surface area contributed by atoms with Crippen molar-refractivity contribution in [2.75, 3.05) is 13.2 Å². The summed E-state index contributed by atoms with van der Waals surface area (Å²) in [5.41, 5.74) is 0. The number of fused-ring (bicyclic) bond motifs is 5. The molecule has 3 aliphatic carbocycles. The van der Waals surface area contributed by atoms with Crippen molar-refractivity contribution < 1.29 is 19.1 Å². The summed E-state index contributed by atoms with van der Waals surface area (Å²) in [5, 5.41) is 0. The van der Waals surface area contributed by atoms with Gasteiger partial charge in [-0.1, -0.05) is 13.2 Å². The van der Waals surface area contributed by atoms with Gasteiger partial charge in [0.05, 0.1) is 13.2 Å². The van der Waals surface area contributed by atoms with E-state index >= 15 is 0 Å². The van der Waals surface area contributed by atoms with Crippen LogP contribution >= 0.6 is 0 Å². The van der Waals surface area contributed by atoms with Crippen LogP contribution in [0.3, 0.4) is 0 Å². The van der Waals surface area contributed by atoms with E-state index in [1.807, 2.05) is 0 Å². The lowest BCUT2D eigenvalue weighted by Gasteiger charge is -2.34. The van der Waals surface area contributed by atoms with Crippen LogP contribution in [0.15, 0.2) is 25.3 Å². The molecule has 0 aromatic carbocycles. The smallest absolute Gasteiger partial charge is 0.330 e. The lowest BCUT2D eigenvalue weighted by Crippen LogP contribution is -2.29. The van der Waals surface area contributed by atoms with Crippen LogP contribution in [0.1, 0.15) is 38.5 Å². The molecule has 0 spiro atoms. The minimum atomic E-state index is -0.321. The normalized spacial score (nSPS) is 36.2. The Kier molecular flexibility index (Phi) is 5.42. The van der Waals surface area contributed by atoms with Crippen LogP contribution < -0.4 is 0 Å². The highest BCUT2D eigenvalue weighted by Crippen LogP contribution is 2.63. The maximum Gasteiger partial charge on any atom is 0.330 e. The molecular weight excluding hydrogens is 304 g/mol. The first-order valence-electron chi connectivity index (χ1n) is 9.22. The van der Waals surface area contributed by atoms with E-state index in [0.29, 0.717) is 25.0 Å². The third kappa shape index (κ3) is 3.42. The van der Waals surface area contributed by atoms with Gasteiger partial charge >= 0.3 is 11.9 Å². The van der Waals surface area contributed by atoms with Crippen LogP contribution in [0.2, 0.25) is 0 Å². The largest absolute Gasteiger partial charge is 0.463 e. The molecule has 0 saturated heterocycles. The van der Waals surface area contributed by atoms with E-state index in [1.165, 1.54) is 37.8 Å². The topological polar surface area (TPSA) is 52.6 Å². The standard InChI is InChI=1S/C20H28O4/c1-3-18(21)23-9-7-13-5-6-16-15-11-14(17(12-15)20(13)16)8-10-24-19(22)4-2/h3-4,13-17,20H,1-2,5-12H2/t13?,14?,15?,16?,17-,20?/m0/s1. The zero-order valence-corrected chi connectivity index (χ0v) is 14.3. The molecule has 0 radical (unpaired) electrons. The maximum atomic E-state index is 11.2. The molecule has 132 valence electrons. The lowest BCUT2D eigenvalue weighted by atomic mass is 9.71.